The minimum atomic E-state index is -2.88. The first-order chi connectivity index (χ1) is 28.6. The number of aliphatic imine (C=N–C) groups is 2. The summed E-state index contributed by atoms with van der Waals surface area (Å²) in [6, 6.07) is 23.5. The van der Waals surface area contributed by atoms with Gasteiger partial charge in [0.1, 0.15) is 74.8 Å². The van der Waals surface area contributed by atoms with Crippen molar-refractivity contribution in [1.82, 2.24) is 18.6 Å². The van der Waals surface area contributed by atoms with Gasteiger partial charge in [-0.15, -0.1) is 0 Å². The van der Waals surface area contributed by atoms with Gasteiger partial charge in [-0.25, -0.2) is 35.9 Å². The number of amidine groups is 2. The summed E-state index contributed by atoms with van der Waals surface area (Å²) in [5, 5.41) is 0. The molecular formula is C42H44Br2F2N8O4S2. The van der Waals surface area contributed by atoms with Crippen molar-refractivity contribution in [3.05, 3.63) is 128 Å². The van der Waals surface area contributed by atoms with E-state index in [1.807, 2.05) is 12.1 Å². The van der Waals surface area contributed by atoms with Crippen LogP contribution in [0.4, 0.5) is 8.78 Å². The molecule has 0 N–H and O–H groups in total. The summed E-state index contributed by atoms with van der Waals surface area (Å²) in [7, 11) is -5.76. The number of pyridine rings is 2. The summed E-state index contributed by atoms with van der Waals surface area (Å²) in [5.74, 6) is -0.484. The molecule has 2 aromatic carbocycles. The maximum absolute atomic E-state index is 14.7. The molecule has 0 bridgehead atoms. The van der Waals surface area contributed by atoms with Crippen molar-refractivity contribution in [2.45, 2.75) is 63.5 Å². The second kappa shape index (κ2) is 18.0. The summed E-state index contributed by atoms with van der Waals surface area (Å²) < 4.78 is 70.6. The Morgan fingerprint density at radius 1 is 0.617 bits per heavy atom. The minimum absolute atomic E-state index is 0.0261. The number of carbonyl (C=O) groups is 2. The summed E-state index contributed by atoms with van der Waals surface area (Å²) in [6.45, 7) is 5.38. The number of benzene rings is 2. The fourth-order valence-corrected chi connectivity index (χ4v) is 13.5. The summed E-state index contributed by atoms with van der Waals surface area (Å²) in [6.07, 6.45) is 3.18. The van der Waals surface area contributed by atoms with E-state index in [4.69, 9.17) is 9.98 Å². The molecule has 0 unspecified atom stereocenters. The van der Waals surface area contributed by atoms with Gasteiger partial charge in [0.25, 0.3) is 0 Å². The van der Waals surface area contributed by atoms with E-state index in [9.17, 15) is 26.8 Å². The highest BCUT2D eigenvalue weighted by Crippen LogP contribution is 2.38. The van der Waals surface area contributed by atoms with Crippen molar-refractivity contribution < 1.29 is 26.8 Å². The second-order valence-electron chi connectivity index (χ2n) is 15.3. The van der Waals surface area contributed by atoms with Crippen molar-refractivity contribution in [2.24, 2.45) is 18.7 Å². The third-order valence-corrected chi connectivity index (χ3v) is 16.6. The predicted molar refractivity (Wildman–Crippen MR) is 237 cm³/mol. The van der Waals surface area contributed by atoms with Crippen molar-refractivity contribution in [3.8, 4) is 0 Å². The Hall–Kier alpha value is -4.26. The molecule has 0 amide bonds. The molecule has 4 atom stereocenters. The molecule has 316 valence electrons. The predicted octanol–water partition coefficient (Wildman–Crippen LogP) is 8.72. The third-order valence-electron chi connectivity index (χ3n) is 10.6. The van der Waals surface area contributed by atoms with E-state index in [0.29, 0.717) is 58.2 Å². The molecule has 60 heavy (non-hydrogen) atoms. The molecule has 0 saturated carbocycles. The fraction of sp³-hybridized carbons (Fsp3) is 0.381. The number of rotatable bonds is 8. The van der Waals surface area contributed by atoms with Crippen LogP contribution in [0.1, 0.15) is 84.5 Å². The molecule has 0 radical (unpaired) electrons. The van der Waals surface area contributed by atoms with Crippen molar-refractivity contribution in [3.63, 3.8) is 0 Å². The second-order valence-corrected chi connectivity index (χ2v) is 21.3. The molecule has 0 spiro atoms. The lowest BCUT2D eigenvalue weighted by Crippen LogP contribution is -2.50. The maximum atomic E-state index is 14.7. The van der Waals surface area contributed by atoms with Crippen molar-refractivity contribution >= 4 is 74.9 Å². The number of ketones is 2. The molecule has 0 aliphatic carbocycles. The average molecular weight is 987 g/mol. The van der Waals surface area contributed by atoms with E-state index < -0.39 is 42.5 Å². The smallest absolute Gasteiger partial charge is 0.170 e. The van der Waals surface area contributed by atoms with Crippen LogP contribution in [0.3, 0.4) is 0 Å². The van der Waals surface area contributed by atoms with E-state index in [-0.39, 0.29) is 47.3 Å². The van der Waals surface area contributed by atoms with Crippen LogP contribution in [-0.2, 0) is 30.9 Å². The van der Waals surface area contributed by atoms with Gasteiger partial charge in [0.05, 0.1) is 37.4 Å². The summed E-state index contributed by atoms with van der Waals surface area (Å²) >= 11 is 6.56. The van der Waals surface area contributed by atoms with E-state index in [0.717, 1.165) is 25.7 Å². The lowest BCUT2D eigenvalue weighted by atomic mass is 9.99. The van der Waals surface area contributed by atoms with E-state index in [1.54, 1.807) is 71.0 Å². The first kappa shape index (κ1) is 43.8. The lowest BCUT2D eigenvalue weighted by Gasteiger charge is -2.39. The number of halogens is 4. The summed E-state index contributed by atoms with van der Waals surface area (Å²) in [4.78, 5) is 44.0. The molecule has 6 heterocycles. The van der Waals surface area contributed by atoms with E-state index in [1.165, 1.54) is 24.3 Å². The Morgan fingerprint density at radius 3 is 1.38 bits per heavy atom. The van der Waals surface area contributed by atoms with Gasteiger partial charge >= 0.3 is 0 Å². The van der Waals surface area contributed by atoms with E-state index >= 15 is 0 Å². The van der Waals surface area contributed by atoms with Crippen LogP contribution in [-0.4, -0.2) is 87.9 Å². The van der Waals surface area contributed by atoms with Gasteiger partial charge < -0.3 is 0 Å². The van der Waals surface area contributed by atoms with Crippen LogP contribution in [0.2, 0.25) is 0 Å². The zero-order valence-corrected chi connectivity index (χ0v) is 37.9. The first-order valence-electron chi connectivity index (χ1n) is 19.6. The Balaban J connectivity index is 0.000000181. The monoisotopic (exact) mass is 984 g/mol. The molecular weight excluding hydrogens is 942 g/mol. The van der Waals surface area contributed by atoms with Crippen LogP contribution >= 0.6 is 31.9 Å². The number of Topliss-reactive ketones (excluding diaryl/α,β-unsaturated/α-hetero) is 2. The highest BCUT2D eigenvalue weighted by molar-refractivity contribution is 9.10. The van der Waals surface area contributed by atoms with Crippen LogP contribution < -0.4 is 0 Å². The molecule has 0 fully saturated rings. The zero-order valence-electron chi connectivity index (χ0n) is 33.1. The zero-order chi connectivity index (χ0) is 42.7. The minimum Gasteiger partial charge on any atom is -0.294 e. The number of hydrogen-bond acceptors (Lipinski definition) is 10. The van der Waals surface area contributed by atoms with Gasteiger partial charge in [-0.3, -0.25) is 28.2 Å². The van der Waals surface area contributed by atoms with Crippen LogP contribution in [0.15, 0.2) is 113 Å². The molecule has 4 aliphatic rings. The number of carbonyl (C=O) groups excluding carboxylic acids is 2. The largest absolute Gasteiger partial charge is 0.294 e. The highest BCUT2D eigenvalue weighted by atomic mass is 79.9. The Labute approximate surface area is 366 Å². The van der Waals surface area contributed by atoms with Crippen LogP contribution in [0.5, 0.6) is 0 Å². The first-order valence-corrected chi connectivity index (χ1v) is 24.4. The fourth-order valence-electron chi connectivity index (χ4n) is 7.72. The van der Waals surface area contributed by atoms with Gasteiger partial charge in [-0.05, 0) is 95.7 Å². The average Bonchev–Trinajstić information content (AvgIpc) is 3.54. The molecule has 18 heteroatoms. The lowest BCUT2D eigenvalue weighted by molar-refractivity contribution is 0.0990. The Bertz CT molecular complexity index is 2440. The summed E-state index contributed by atoms with van der Waals surface area (Å²) in [5.41, 5.74) is -1.08. The van der Waals surface area contributed by atoms with E-state index in [2.05, 4.69) is 50.6 Å². The number of aromatic nitrogens is 2. The van der Waals surface area contributed by atoms with Gasteiger partial charge in [0.15, 0.2) is 11.6 Å². The molecule has 2 aromatic heterocycles. The Morgan fingerprint density at radius 2 is 1.00 bits per heavy atom. The number of nitrogens with zero attached hydrogens (tertiary/aromatic N) is 8. The topological polar surface area (TPSA) is 150 Å². The number of fused-ring (bicyclic) bond motifs is 2. The molecule has 4 aliphatic heterocycles. The quantitative estimate of drug-likeness (QED) is 0.127. The van der Waals surface area contributed by atoms with Gasteiger partial charge in [0, 0.05) is 24.2 Å². The van der Waals surface area contributed by atoms with Gasteiger partial charge in [-0.2, -0.15) is 0 Å². The molecule has 0 saturated heterocycles. The Kier molecular flexibility index (Phi) is 13.1. The standard InChI is InChI=1S/2C21H22BrFN4O2S/c2*1-21(20-16(23)9-10-18(22)25-20)14-30(29)24-11-5-6-12-27(30)19(26-21)13-17(28)15-7-3-2-4-8-15/h2*2-4,7-10H,5-6,11-14H2,1H3/t21-,30+;21-,30-/m00/s1. The maximum Gasteiger partial charge on any atom is 0.170 e. The van der Waals surface area contributed by atoms with Crippen LogP contribution in [0, 0.1) is 11.6 Å². The molecule has 4 aromatic rings. The normalized spacial score (nSPS) is 26.2. The number of hydrogen-bond donors (Lipinski definition) is 0. The van der Waals surface area contributed by atoms with Crippen LogP contribution in [0.25, 0.3) is 0 Å². The van der Waals surface area contributed by atoms with Crippen molar-refractivity contribution in [1.29, 1.82) is 0 Å². The molecule has 12 nitrogen and oxygen atoms in total. The van der Waals surface area contributed by atoms with Crippen molar-refractivity contribution in [2.75, 3.05) is 37.7 Å². The highest BCUT2D eigenvalue weighted by Gasteiger charge is 2.45. The van der Waals surface area contributed by atoms with Gasteiger partial charge in [0.2, 0.25) is 0 Å². The van der Waals surface area contributed by atoms with Gasteiger partial charge in [-0.1, -0.05) is 60.7 Å². The SMILES string of the molecule is C[C@@]1(c2nc(Br)ccc2F)C[S@@]2(=O)=NCCCCN2C(CC(=O)c2ccccc2)=N1.C[C@@]1(c2nc(Br)ccc2F)C[S@]2(=O)=NCCCCN2C(CC(=O)c2ccccc2)=N1. The third kappa shape index (κ3) is 9.45. The molecule has 8 rings (SSSR count).